The smallest absolute Gasteiger partial charge is 0.123 e. The first kappa shape index (κ1) is 14.7. The molecule has 0 saturated carbocycles. The number of hydrogen-bond acceptors (Lipinski definition) is 3. The summed E-state index contributed by atoms with van der Waals surface area (Å²) in [6.45, 7) is 2.09. The summed E-state index contributed by atoms with van der Waals surface area (Å²) in [5, 5.41) is 3.52. The van der Waals surface area contributed by atoms with Gasteiger partial charge in [0.1, 0.15) is 11.9 Å². The van der Waals surface area contributed by atoms with Crippen molar-refractivity contribution in [2.24, 2.45) is 0 Å². The Bertz CT molecular complexity index is 345. The van der Waals surface area contributed by atoms with Gasteiger partial charge in [-0.1, -0.05) is 31.0 Å². The van der Waals surface area contributed by atoms with Gasteiger partial charge in [0.15, 0.2) is 0 Å². The van der Waals surface area contributed by atoms with E-state index in [0.29, 0.717) is 6.10 Å². The van der Waals surface area contributed by atoms with E-state index in [-0.39, 0.29) is 0 Å². The molecule has 1 aromatic carbocycles. The lowest BCUT2D eigenvalue weighted by Gasteiger charge is -2.11. The molecular formula is C16H25NOS. The molecule has 2 rings (SSSR count). The lowest BCUT2D eigenvalue weighted by atomic mass is 10.1. The van der Waals surface area contributed by atoms with Gasteiger partial charge in [0.2, 0.25) is 0 Å². The molecule has 1 N–H and O–H groups in total. The minimum Gasteiger partial charge on any atom is -0.488 e. The van der Waals surface area contributed by atoms with Crippen LogP contribution >= 0.6 is 11.8 Å². The average molecular weight is 279 g/mol. The fourth-order valence-corrected chi connectivity index (χ4v) is 2.97. The Morgan fingerprint density at radius 1 is 1.21 bits per heavy atom. The molecule has 1 aromatic rings. The molecule has 106 valence electrons. The van der Waals surface area contributed by atoms with E-state index in [1.54, 1.807) is 0 Å². The summed E-state index contributed by atoms with van der Waals surface area (Å²) < 4.78 is 5.90. The number of rotatable bonds is 9. The monoisotopic (exact) mass is 279 g/mol. The summed E-state index contributed by atoms with van der Waals surface area (Å²) in [6.07, 6.45) is 8.93. The Balaban J connectivity index is 1.49. The van der Waals surface area contributed by atoms with E-state index in [0.717, 1.165) is 25.3 Å². The molecule has 0 saturated heterocycles. The third-order valence-corrected chi connectivity index (χ3v) is 4.23. The standard InChI is InChI=1S/C16H25NOS/c1-19-11-7-3-2-6-10-17-13-15-12-14-8-4-5-9-16(14)18-15/h4-5,8-9,15,17H,2-3,6-7,10-13H2,1H3. The van der Waals surface area contributed by atoms with Gasteiger partial charge < -0.3 is 10.1 Å². The summed E-state index contributed by atoms with van der Waals surface area (Å²) in [5.41, 5.74) is 1.35. The van der Waals surface area contributed by atoms with Crippen LogP contribution in [0.1, 0.15) is 31.2 Å². The lowest BCUT2D eigenvalue weighted by Crippen LogP contribution is -2.30. The number of para-hydroxylation sites is 1. The Kier molecular flexibility index (Phi) is 6.58. The molecule has 1 aliphatic rings. The van der Waals surface area contributed by atoms with Crippen molar-refractivity contribution in [2.75, 3.05) is 25.1 Å². The normalized spacial score (nSPS) is 17.2. The fraction of sp³-hybridized carbons (Fsp3) is 0.625. The van der Waals surface area contributed by atoms with Crippen LogP contribution in [-0.2, 0) is 6.42 Å². The Labute approximate surface area is 121 Å². The van der Waals surface area contributed by atoms with Crippen LogP contribution in [0.15, 0.2) is 24.3 Å². The highest BCUT2D eigenvalue weighted by Gasteiger charge is 2.21. The summed E-state index contributed by atoms with van der Waals surface area (Å²) >= 11 is 1.95. The number of nitrogens with one attached hydrogen (secondary N) is 1. The van der Waals surface area contributed by atoms with Crippen molar-refractivity contribution in [1.82, 2.24) is 5.32 Å². The molecule has 1 unspecified atom stereocenters. The van der Waals surface area contributed by atoms with Crippen LogP contribution in [0.4, 0.5) is 0 Å². The van der Waals surface area contributed by atoms with E-state index in [2.05, 4.69) is 29.8 Å². The Morgan fingerprint density at radius 2 is 2.05 bits per heavy atom. The molecule has 3 heteroatoms. The molecule has 0 aromatic heterocycles. The van der Waals surface area contributed by atoms with Gasteiger partial charge in [0, 0.05) is 13.0 Å². The largest absolute Gasteiger partial charge is 0.488 e. The summed E-state index contributed by atoms with van der Waals surface area (Å²) in [6, 6.07) is 8.37. The molecule has 0 spiro atoms. The van der Waals surface area contributed by atoms with Crippen molar-refractivity contribution in [1.29, 1.82) is 0 Å². The molecule has 0 amide bonds. The highest BCUT2D eigenvalue weighted by atomic mass is 32.2. The van der Waals surface area contributed by atoms with E-state index in [1.165, 1.54) is 37.0 Å². The summed E-state index contributed by atoms with van der Waals surface area (Å²) in [4.78, 5) is 0. The quantitative estimate of drug-likeness (QED) is 0.699. The number of ether oxygens (including phenoxy) is 1. The molecule has 19 heavy (non-hydrogen) atoms. The van der Waals surface area contributed by atoms with Crippen molar-refractivity contribution >= 4 is 11.8 Å². The second kappa shape index (κ2) is 8.49. The second-order valence-corrected chi connectivity index (χ2v) is 6.15. The van der Waals surface area contributed by atoms with E-state index in [4.69, 9.17) is 4.74 Å². The van der Waals surface area contributed by atoms with E-state index < -0.39 is 0 Å². The van der Waals surface area contributed by atoms with Gasteiger partial charge in [0.25, 0.3) is 0 Å². The molecule has 0 radical (unpaired) electrons. The number of unbranched alkanes of at least 4 members (excludes halogenated alkanes) is 3. The summed E-state index contributed by atoms with van der Waals surface area (Å²) in [7, 11) is 0. The molecule has 1 heterocycles. The minimum atomic E-state index is 0.328. The first-order valence-corrected chi connectivity index (χ1v) is 8.74. The number of benzene rings is 1. The highest BCUT2D eigenvalue weighted by molar-refractivity contribution is 7.98. The SMILES string of the molecule is CSCCCCCCNCC1Cc2ccccc2O1. The maximum absolute atomic E-state index is 5.90. The van der Waals surface area contributed by atoms with Gasteiger partial charge in [-0.05, 0) is 43.0 Å². The predicted octanol–water partition coefficient (Wildman–Crippen LogP) is 3.50. The Hall–Kier alpha value is -0.670. The minimum absolute atomic E-state index is 0.328. The van der Waals surface area contributed by atoms with Gasteiger partial charge in [-0.3, -0.25) is 0 Å². The zero-order chi connectivity index (χ0) is 13.3. The number of thioether (sulfide) groups is 1. The van der Waals surface area contributed by atoms with Crippen LogP contribution in [-0.4, -0.2) is 31.2 Å². The molecule has 1 atom stereocenters. The van der Waals surface area contributed by atoms with Gasteiger partial charge >= 0.3 is 0 Å². The maximum atomic E-state index is 5.90. The second-order valence-electron chi connectivity index (χ2n) is 5.16. The van der Waals surface area contributed by atoms with Gasteiger partial charge in [-0.2, -0.15) is 11.8 Å². The van der Waals surface area contributed by atoms with Crippen LogP contribution in [0.2, 0.25) is 0 Å². The van der Waals surface area contributed by atoms with Crippen molar-refractivity contribution in [3.63, 3.8) is 0 Å². The molecule has 0 aliphatic carbocycles. The zero-order valence-corrected chi connectivity index (χ0v) is 12.7. The van der Waals surface area contributed by atoms with Gasteiger partial charge in [-0.15, -0.1) is 0 Å². The van der Waals surface area contributed by atoms with Gasteiger partial charge in [-0.25, -0.2) is 0 Å². The fourth-order valence-electron chi connectivity index (χ4n) is 2.48. The van der Waals surface area contributed by atoms with Gasteiger partial charge in [0.05, 0.1) is 0 Å². The van der Waals surface area contributed by atoms with Crippen LogP contribution in [0.5, 0.6) is 5.75 Å². The molecule has 2 nitrogen and oxygen atoms in total. The predicted molar refractivity (Wildman–Crippen MR) is 84.3 cm³/mol. The van der Waals surface area contributed by atoms with Crippen LogP contribution in [0.3, 0.4) is 0 Å². The lowest BCUT2D eigenvalue weighted by molar-refractivity contribution is 0.227. The number of fused-ring (bicyclic) bond motifs is 1. The van der Waals surface area contributed by atoms with E-state index >= 15 is 0 Å². The van der Waals surface area contributed by atoms with Crippen molar-refractivity contribution in [3.05, 3.63) is 29.8 Å². The topological polar surface area (TPSA) is 21.3 Å². The van der Waals surface area contributed by atoms with E-state index in [1.807, 2.05) is 17.8 Å². The maximum Gasteiger partial charge on any atom is 0.123 e. The van der Waals surface area contributed by atoms with Crippen LogP contribution in [0.25, 0.3) is 0 Å². The molecule has 0 fully saturated rings. The van der Waals surface area contributed by atoms with E-state index in [9.17, 15) is 0 Å². The van der Waals surface area contributed by atoms with Crippen LogP contribution in [0, 0.1) is 0 Å². The zero-order valence-electron chi connectivity index (χ0n) is 11.9. The van der Waals surface area contributed by atoms with Crippen molar-refractivity contribution in [2.45, 2.75) is 38.2 Å². The van der Waals surface area contributed by atoms with Crippen molar-refractivity contribution < 1.29 is 4.74 Å². The molecular weight excluding hydrogens is 254 g/mol. The van der Waals surface area contributed by atoms with Crippen molar-refractivity contribution in [3.8, 4) is 5.75 Å². The summed E-state index contributed by atoms with van der Waals surface area (Å²) in [5.74, 6) is 2.38. The molecule has 0 bridgehead atoms. The number of hydrogen-bond donors (Lipinski definition) is 1. The highest BCUT2D eigenvalue weighted by Crippen LogP contribution is 2.27. The third kappa shape index (κ3) is 5.07. The molecule has 1 aliphatic heterocycles. The average Bonchev–Trinajstić information content (AvgIpc) is 2.84. The Morgan fingerprint density at radius 3 is 2.89 bits per heavy atom. The van der Waals surface area contributed by atoms with Crippen LogP contribution < -0.4 is 10.1 Å². The first-order valence-electron chi connectivity index (χ1n) is 7.34. The third-order valence-electron chi connectivity index (χ3n) is 3.54. The first-order chi connectivity index (χ1) is 9.40.